The van der Waals surface area contributed by atoms with Gasteiger partial charge in [0, 0.05) is 0 Å². The Morgan fingerprint density at radius 1 is 1.37 bits per heavy atom. The third-order valence-corrected chi connectivity index (χ3v) is 2.86. The molecule has 0 spiro atoms. The van der Waals surface area contributed by atoms with E-state index >= 15 is 0 Å². The smallest absolute Gasteiger partial charge is 0.173 e. The van der Waals surface area contributed by atoms with Gasteiger partial charge in [0.25, 0.3) is 0 Å². The molecule has 0 saturated heterocycles. The summed E-state index contributed by atoms with van der Waals surface area (Å²) < 4.78 is 29.0. The van der Waals surface area contributed by atoms with Crippen LogP contribution in [0, 0.1) is 18.6 Å². The molecule has 1 atom stereocenters. The molecule has 102 valence electrons. The highest BCUT2D eigenvalue weighted by molar-refractivity contribution is 5.39. The average Bonchev–Trinajstić information content (AvgIpc) is 2.84. The van der Waals surface area contributed by atoms with Crippen molar-refractivity contribution in [1.82, 2.24) is 25.5 Å². The zero-order valence-electron chi connectivity index (χ0n) is 11.0. The molecule has 0 fully saturated rings. The van der Waals surface area contributed by atoms with E-state index in [1.54, 1.807) is 6.92 Å². The minimum absolute atomic E-state index is 0.209. The fourth-order valence-corrected chi connectivity index (χ4v) is 1.86. The molecule has 5 nitrogen and oxygen atoms in total. The Morgan fingerprint density at radius 2 is 2.11 bits per heavy atom. The minimum Gasteiger partial charge on any atom is -0.308 e. The zero-order valence-corrected chi connectivity index (χ0v) is 11.0. The first-order chi connectivity index (χ1) is 9.06. The van der Waals surface area contributed by atoms with Crippen LogP contribution < -0.4 is 5.32 Å². The van der Waals surface area contributed by atoms with Crippen molar-refractivity contribution in [3.8, 4) is 5.69 Å². The molecule has 0 saturated carbocycles. The van der Waals surface area contributed by atoms with E-state index in [0.29, 0.717) is 17.9 Å². The van der Waals surface area contributed by atoms with Crippen molar-refractivity contribution in [2.24, 2.45) is 0 Å². The van der Waals surface area contributed by atoms with E-state index in [0.717, 1.165) is 4.68 Å². The summed E-state index contributed by atoms with van der Waals surface area (Å²) in [6.07, 6.45) is 0. The van der Waals surface area contributed by atoms with Gasteiger partial charge in [0.2, 0.25) is 0 Å². The van der Waals surface area contributed by atoms with E-state index in [4.69, 9.17) is 0 Å². The van der Waals surface area contributed by atoms with Gasteiger partial charge in [-0.15, -0.1) is 5.10 Å². The van der Waals surface area contributed by atoms with Crippen LogP contribution in [-0.2, 0) is 0 Å². The van der Waals surface area contributed by atoms with Crippen LogP contribution in [0.15, 0.2) is 12.1 Å². The van der Waals surface area contributed by atoms with Crippen molar-refractivity contribution in [3.05, 3.63) is 35.2 Å². The van der Waals surface area contributed by atoms with Gasteiger partial charge in [0.1, 0.15) is 5.69 Å². The van der Waals surface area contributed by atoms with Crippen molar-refractivity contribution < 1.29 is 8.78 Å². The molecule has 19 heavy (non-hydrogen) atoms. The predicted molar refractivity (Wildman–Crippen MR) is 65.9 cm³/mol. The highest BCUT2D eigenvalue weighted by atomic mass is 19.1. The van der Waals surface area contributed by atoms with Crippen molar-refractivity contribution in [2.75, 3.05) is 6.54 Å². The number of tetrazole rings is 1. The monoisotopic (exact) mass is 267 g/mol. The quantitative estimate of drug-likeness (QED) is 0.919. The molecule has 1 aromatic heterocycles. The summed E-state index contributed by atoms with van der Waals surface area (Å²) in [6, 6.07) is 2.38. The van der Waals surface area contributed by atoms with Crippen molar-refractivity contribution in [2.45, 2.75) is 26.8 Å². The fraction of sp³-hybridized carbons (Fsp3) is 0.417. The van der Waals surface area contributed by atoms with Gasteiger partial charge in [-0.1, -0.05) is 13.0 Å². The largest absolute Gasteiger partial charge is 0.308 e. The molecular weight excluding hydrogens is 252 g/mol. The van der Waals surface area contributed by atoms with Crippen molar-refractivity contribution in [1.29, 1.82) is 0 Å². The Hall–Kier alpha value is -1.89. The molecule has 0 aliphatic heterocycles. The van der Waals surface area contributed by atoms with Gasteiger partial charge in [0.05, 0.1) is 6.04 Å². The van der Waals surface area contributed by atoms with Gasteiger partial charge < -0.3 is 5.32 Å². The molecule has 2 aromatic rings. The third kappa shape index (κ3) is 2.46. The topological polar surface area (TPSA) is 55.6 Å². The highest BCUT2D eigenvalue weighted by Crippen LogP contribution is 2.22. The molecular formula is C12H15F2N5. The molecule has 2 rings (SSSR count). The van der Waals surface area contributed by atoms with Crippen molar-refractivity contribution in [3.63, 3.8) is 0 Å². The molecule has 1 unspecified atom stereocenters. The molecule has 7 heteroatoms. The first kappa shape index (κ1) is 13.5. The number of aromatic nitrogens is 4. The summed E-state index contributed by atoms with van der Waals surface area (Å²) in [4.78, 5) is 0. The van der Waals surface area contributed by atoms with E-state index in [1.807, 2.05) is 13.8 Å². The summed E-state index contributed by atoms with van der Waals surface area (Å²) in [5, 5.41) is 14.1. The summed E-state index contributed by atoms with van der Waals surface area (Å²) in [7, 11) is 0. The van der Waals surface area contributed by atoms with Crippen LogP contribution in [0.5, 0.6) is 0 Å². The zero-order chi connectivity index (χ0) is 14.0. The van der Waals surface area contributed by atoms with Crippen LogP contribution in [-0.4, -0.2) is 26.8 Å². The second kappa shape index (κ2) is 5.40. The maximum atomic E-state index is 14.1. The molecule has 1 heterocycles. The SMILES string of the molecule is CCNC(C)c1nnnn1-c1c(F)ccc(C)c1F. The van der Waals surface area contributed by atoms with Crippen LogP contribution in [0.4, 0.5) is 8.78 Å². The number of hydrogen-bond acceptors (Lipinski definition) is 4. The van der Waals surface area contributed by atoms with Gasteiger partial charge >= 0.3 is 0 Å². The van der Waals surface area contributed by atoms with Crippen molar-refractivity contribution >= 4 is 0 Å². The van der Waals surface area contributed by atoms with Gasteiger partial charge in [-0.25, -0.2) is 8.78 Å². The van der Waals surface area contributed by atoms with Gasteiger partial charge in [0.15, 0.2) is 17.5 Å². The van der Waals surface area contributed by atoms with E-state index in [2.05, 4.69) is 20.8 Å². The lowest BCUT2D eigenvalue weighted by Gasteiger charge is -2.13. The third-order valence-electron chi connectivity index (χ3n) is 2.86. The van der Waals surface area contributed by atoms with E-state index in [-0.39, 0.29) is 11.7 Å². The van der Waals surface area contributed by atoms with Gasteiger partial charge in [-0.3, -0.25) is 0 Å². The first-order valence-corrected chi connectivity index (χ1v) is 6.02. The number of aryl methyl sites for hydroxylation is 1. The molecule has 0 radical (unpaired) electrons. The lowest BCUT2D eigenvalue weighted by Crippen LogP contribution is -2.22. The second-order valence-electron chi connectivity index (χ2n) is 4.26. The lowest BCUT2D eigenvalue weighted by atomic mass is 10.2. The van der Waals surface area contributed by atoms with Crippen LogP contribution >= 0.6 is 0 Å². The lowest BCUT2D eigenvalue weighted by molar-refractivity contribution is 0.518. The Kier molecular flexibility index (Phi) is 3.84. The van der Waals surface area contributed by atoms with Gasteiger partial charge in [-0.2, -0.15) is 4.68 Å². The van der Waals surface area contributed by atoms with E-state index < -0.39 is 11.6 Å². The molecule has 1 aromatic carbocycles. The summed E-state index contributed by atoms with van der Waals surface area (Å²) in [6.45, 7) is 6.03. The Bertz CT molecular complexity index is 581. The second-order valence-corrected chi connectivity index (χ2v) is 4.26. The van der Waals surface area contributed by atoms with Crippen LogP contribution in [0.1, 0.15) is 31.3 Å². The average molecular weight is 267 g/mol. The van der Waals surface area contributed by atoms with Crippen LogP contribution in [0.25, 0.3) is 5.69 Å². The highest BCUT2D eigenvalue weighted by Gasteiger charge is 2.21. The molecule has 1 N–H and O–H groups in total. The van der Waals surface area contributed by atoms with Crippen LogP contribution in [0.2, 0.25) is 0 Å². The molecule has 0 amide bonds. The standard InChI is InChI=1S/C12H15F2N5/c1-4-15-8(3)12-16-17-18-19(12)11-9(13)6-5-7(2)10(11)14/h5-6,8,15H,4H2,1-3H3. The normalized spacial score (nSPS) is 12.7. The minimum atomic E-state index is -0.694. The van der Waals surface area contributed by atoms with Gasteiger partial charge in [-0.05, 0) is 42.4 Å². The Balaban J connectivity index is 2.55. The number of nitrogens with zero attached hydrogens (tertiary/aromatic N) is 4. The summed E-state index contributed by atoms with van der Waals surface area (Å²) in [5.41, 5.74) is 0.0960. The van der Waals surface area contributed by atoms with E-state index in [1.165, 1.54) is 12.1 Å². The number of halogens is 2. The molecule has 0 bridgehead atoms. The Labute approximate surface area is 109 Å². The predicted octanol–water partition coefficient (Wildman–Crippen LogP) is 1.92. The number of benzene rings is 1. The maximum Gasteiger partial charge on any atom is 0.173 e. The summed E-state index contributed by atoms with van der Waals surface area (Å²) >= 11 is 0. The first-order valence-electron chi connectivity index (χ1n) is 6.02. The fourth-order valence-electron chi connectivity index (χ4n) is 1.86. The van der Waals surface area contributed by atoms with Crippen LogP contribution in [0.3, 0.4) is 0 Å². The van der Waals surface area contributed by atoms with E-state index in [9.17, 15) is 8.78 Å². The molecule has 0 aliphatic carbocycles. The molecule has 0 aliphatic rings. The summed E-state index contributed by atoms with van der Waals surface area (Å²) in [5.74, 6) is -0.983. The maximum absolute atomic E-state index is 14.1. The number of rotatable bonds is 4. The Morgan fingerprint density at radius 3 is 2.79 bits per heavy atom. The number of nitrogens with one attached hydrogen (secondary N) is 1. The number of hydrogen-bond donors (Lipinski definition) is 1.